The maximum Gasteiger partial charge on any atom is 0.133 e. The van der Waals surface area contributed by atoms with Gasteiger partial charge >= 0.3 is 0 Å². The minimum atomic E-state index is -0.301. The van der Waals surface area contributed by atoms with Crippen molar-refractivity contribution in [3.05, 3.63) is 17.6 Å². The molecule has 17 heavy (non-hydrogen) atoms. The first-order valence-corrected chi connectivity index (χ1v) is 6.18. The van der Waals surface area contributed by atoms with Crippen LogP contribution in [0.1, 0.15) is 51.6 Å². The van der Waals surface area contributed by atoms with E-state index < -0.39 is 0 Å². The van der Waals surface area contributed by atoms with Crippen molar-refractivity contribution in [2.75, 3.05) is 5.32 Å². The third kappa shape index (κ3) is 4.69. The monoisotopic (exact) mass is 237 g/mol. The third-order valence-electron chi connectivity index (χ3n) is 2.48. The smallest absolute Gasteiger partial charge is 0.133 e. The maximum atomic E-state index is 9.33. The Morgan fingerprint density at radius 2 is 1.88 bits per heavy atom. The van der Waals surface area contributed by atoms with Gasteiger partial charge in [-0.15, -0.1) is 0 Å². The molecule has 0 saturated carbocycles. The van der Waals surface area contributed by atoms with Gasteiger partial charge in [-0.25, -0.2) is 9.97 Å². The van der Waals surface area contributed by atoms with Crippen LogP contribution in [0.2, 0.25) is 0 Å². The van der Waals surface area contributed by atoms with Crippen LogP contribution < -0.4 is 5.32 Å². The molecular formula is C13H23N3O. The van der Waals surface area contributed by atoms with Crippen LogP contribution in [-0.2, 0) is 0 Å². The number of hydrogen-bond donors (Lipinski definition) is 2. The fraction of sp³-hybridized carbons (Fsp3) is 0.692. The first-order chi connectivity index (χ1) is 7.88. The topological polar surface area (TPSA) is 58.0 Å². The predicted molar refractivity (Wildman–Crippen MR) is 70.2 cm³/mol. The van der Waals surface area contributed by atoms with E-state index in [1.165, 1.54) is 0 Å². The molecule has 2 unspecified atom stereocenters. The molecule has 0 amide bonds. The van der Waals surface area contributed by atoms with Crippen molar-refractivity contribution >= 4 is 5.82 Å². The summed E-state index contributed by atoms with van der Waals surface area (Å²) in [5, 5.41) is 12.6. The molecule has 4 nitrogen and oxygen atoms in total. The van der Waals surface area contributed by atoms with E-state index in [4.69, 9.17) is 0 Å². The average molecular weight is 237 g/mol. The van der Waals surface area contributed by atoms with Gasteiger partial charge in [-0.3, -0.25) is 0 Å². The molecule has 0 saturated heterocycles. The lowest BCUT2D eigenvalue weighted by Crippen LogP contribution is -2.21. The van der Waals surface area contributed by atoms with Gasteiger partial charge in [0.1, 0.15) is 11.6 Å². The van der Waals surface area contributed by atoms with E-state index in [-0.39, 0.29) is 12.1 Å². The zero-order valence-corrected chi connectivity index (χ0v) is 11.4. The van der Waals surface area contributed by atoms with Crippen LogP contribution >= 0.6 is 0 Å². The molecular weight excluding hydrogens is 214 g/mol. The number of anilines is 1. The first kappa shape index (κ1) is 13.9. The molecule has 1 aromatic rings. The number of hydrogen-bond acceptors (Lipinski definition) is 4. The first-order valence-electron chi connectivity index (χ1n) is 6.18. The average Bonchev–Trinajstić information content (AvgIpc) is 2.14. The molecule has 2 atom stereocenters. The Labute approximate surface area is 103 Å². The van der Waals surface area contributed by atoms with Crippen molar-refractivity contribution in [2.24, 2.45) is 0 Å². The van der Waals surface area contributed by atoms with Crippen LogP contribution in [0.25, 0.3) is 0 Å². The SMILES string of the molecule is Cc1cc(NC(C)CC(C)O)nc(C(C)C)n1. The molecule has 0 spiro atoms. The molecule has 4 heteroatoms. The van der Waals surface area contributed by atoms with E-state index in [0.717, 1.165) is 17.3 Å². The zero-order chi connectivity index (χ0) is 13.0. The van der Waals surface area contributed by atoms with E-state index in [0.29, 0.717) is 12.3 Å². The highest BCUT2D eigenvalue weighted by Crippen LogP contribution is 2.15. The Kier molecular flexibility index (Phi) is 4.87. The van der Waals surface area contributed by atoms with Gasteiger partial charge in [0, 0.05) is 23.7 Å². The van der Waals surface area contributed by atoms with E-state index in [9.17, 15) is 5.11 Å². The van der Waals surface area contributed by atoms with E-state index in [1.807, 2.05) is 19.9 Å². The van der Waals surface area contributed by atoms with Crippen molar-refractivity contribution in [1.29, 1.82) is 0 Å². The van der Waals surface area contributed by atoms with Crippen molar-refractivity contribution in [3.8, 4) is 0 Å². The van der Waals surface area contributed by atoms with Crippen LogP contribution in [-0.4, -0.2) is 27.2 Å². The van der Waals surface area contributed by atoms with Crippen LogP contribution in [0.3, 0.4) is 0 Å². The van der Waals surface area contributed by atoms with Gasteiger partial charge in [-0.05, 0) is 27.2 Å². The van der Waals surface area contributed by atoms with Crippen molar-refractivity contribution in [2.45, 2.75) is 59.1 Å². The highest BCUT2D eigenvalue weighted by molar-refractivity contribution is 5.37. The Bertz CT molecular complexity index is 364. The van der Waals surface area contributed by atoms with Crippen LogP contribution in [0.15, 0.2) is 6.07 Å². The predicted octanol–water partition coefficient (Wildman–Crippen LogP) is 2.48. The molecule has 0 bridgehead atoms. The number of rotatable bonds is 5. The highest BCUT2D eigenvalue weighted by atomic mass is 16.3. The number of nitrogens with zero attached hydrogens (tertiary/aromatic N) is 2. The summed E-state index contributed by atoms with van der Waals surface area (Å²) in [6.07, 6.45) is 0.407. The lowest BCUT2D eigenvalue weighted by Gasteiger charge is -2.17. The Hall–Kier alpha value is -1.16. The molecule has 0 radical (unpaired) electrons. The lowest BCUT2D eigenvalue weighted by molar-refractivity contribution is 0.179. The molecule has 1 aromatic heterocycles. The van der Waals surface area contributed by atoms with Crippen molar-refractivity contribution < 1.29 is 5.11 Å². The quantitative estimate of drug-likeness (QED) is 0.826. The molecule has 96 valence electrons. The molecule has 0 fully saturated rings. The molecule has 0 aliphatic carbocycles. The van der Waals surface area contributed by atoms with E-state index in [2.05, 4.69) is 29.1 Å². The summed E-state index contributed by atoms with van der Waals surface area (Å²) in [5.41, 5.74) is 0.968. The Balaban J connectivity index is 2.77. The number of aliphatic hydroxyl groups is 1. The summed E-state index contributed by atoms with van der Waals surface area (Å²) in [6, 6.07) is 2.13. The van der Waals surface area contributed by atoms with Crippen LogP contribution in [0, 0.1) is 6.92 Å². The molecule has 1 heterocycles. The van der Waals surface area contributed by atoms with Gasteiger partial charge < -0.3 is 10.4 Å². The molecule has 0 aliphatic heterocycles. The summed E-state index contributed by atoms with van der Waals surface area (Å²) >= 11 is 0. The standard InChI is InChI=1S/C13H23N3O/c1-8(2)13-15-10(4)7-12(16-13)14-9(3)6-11(5)17/h7-9,11,17H,6H2,1-5H3,(H,14,15,16). The second-order valence-electron chi connectivity index (χ2n) is 5.04. The second kappa shape index (κ2) is 5.96. The Morgan fingerprint density at radius 1 is 1.24 bits per heavy atom. The van der Waals surface area contributed by atoms with E-state index in [1.54, 1.807) is 6.92 Å². The fourth-order valence-corrected chi connectivity index (χ4v) is 1.75. The summed E-state index contributed by atoms with van der Waals surface area (Å²) in [7, 11) is 0. The second-order valence-corrected chi connectivity index (χ2v) is 5.04. The summed E-state index contributed by atoms with van der Waals surface area (Å²) in [5.74, 6) is 2.02. The fourth-order valence-electron chi connectivity index (χ4n) is 1.75. The van der Waals surface area contributed by atoms with Crippen molar-refractivity contribution in [1.82, 2.24) is 9.97 Å². The van der Waals surface area contributed by atoms with Gasteiger partial charge in [0.15, 0.2) is 0 Å². The largest absolute Gasteiger partial charge is 0.393 e. The number of aryl methyl sites for hydroxylation is 1. The van der Waals surface area contributed by atoms with Gasteiger partial charge in [-0.1, -0.05) is 13.8 Å². The minimum Gasteiger partial charge on any atom is -0.393 e. The zero-order valence-electron chi connectivity index (χ0n) is 11.4. The van der Waals surface area contributed by atoms with Gasteiger partial charge in [-0.2, -0.15) is 0 Å². The number of nitrogens with one attached hydrogen (secondary N) is 1. The number of aliphatic hydroxyl groups excluding tert-OH is 1. The molecule has 0 aliphatic rings. The number of aromatic nitrogens is 2. The lowest BCUT2D eigenvalue weighted by atomic mass is 10.1. The molecule has 1 rings (SSSR count). The molecule has 0 aromatic carbocycles. The van der Waals surface area contributed by atoms with Gasteiger partial charge in [0.2, 0.25) is 0 Å². The highest BCUT2D eigenvalue weighted by Gasteiger charge is 2.09. The minimum absolute atomic E-state index is 0.198. The summed E-state index contributed by atoms with van der Waals surface area (Å²) in [4.78, 5) is 8.88. The van der Waals surface area contributed by atoms with Crippen molar-refractivity contribution in [3.63, 3.8) is 0 Å². The normalized spacial score (nSPS) is 14.8. The van der Waals surface area contributed by atoms with E-state index >= 15 is 0 Å². The van der Waals surface area contributed by atoms with Gasteiger partial charge in [0.05, 0.1) is 6.10 Å². The summed E-state index contributed by atoms with van der Waals surface area (Å²) < 4.78 is 0. The third-order valence-corrected chi connectivity index (χ3v) is 2.48. The van der Waals surface area contributed by atoms with Crippen LogP contribution in [0.4, 0.5) is 5.82 Å². The Morgan fingerprint density at radius 3 is 2.41 bits per heavy atom. The maximum absolute atomic E-state index is 9.33. The summed E-state index contributed by atoms with van der Waals surface area (Å²) in [6.45, 7) is 9.97. The molecule has 2 N–H and O–H groups in total. The van der Waals surface area contributed by atoms with Crippen LogP contribution in [0.5, 0.6) is 0 Å². The van der Waals surface area contributed by atoms with Gasteiger partial charge in [0.25, 0.3) is 0 Å².